The van der Waals surface area contributed by atoms with Gasteiger partial charge in [-0.25, -0.2) is 18.7 Å². The highest BCUT2D eigenvalue weighted by Gasteiger charge is 2.10. The Labute approximate surface area is 205 Å². The van der Waals surface area contributed by atoms with E-state index in [4.69, 9.17) is 5.73 Å². The van der Waals surface area contributed by atoms with Crippen molar-refractivity contribution in [2.45, 2.75) is 34.1 Å². The largest absolute Gasteiger partial charge is 0.396 e. The first-order valence-corrected chi connectivity index (χ1v) is 11.1. The number of carbonyl (C=O) groups is 1. The van der Waals surface area contributed by atoms with Gasteiger partial charge >= 0.3 is 0 Å². The van der Waals surface area contributed by atoms with Crippen molar-refractivity contribution in [2.75, 3.05) is 35.4 Å². The zero-order valence-electron chi connectivity index (χ0n) is 20.9. The quantitative estimate of drug-likeness (QED) is 0.303. The summed E-state index contributed by atoms with van der Waals surface area (Å²) in [6, 6.07) is 8.29. The molecule has 9 heteroatoms. The van der Waals surface area contributed by atoms with Gasteiger partial charge in [0.05, 0.1) is 17.6 Å². The van der Waals surface area contributed by atoms with Gasteiger partial charge in [-0.05, 0) is 68.7 Å². The van der Waals surface area contributed by atoms with E-state index < -0.39 is 11.6 Å². The van der Waals surface area contributed by atoms with E-state index in [1.807, 2.05) is 44.2 Å². The maximum Gasteiger partial charge on any atom is 0.211 e. The van der Waals surface area contributed by atoms with Crippen LogP contribution in [0.25, 0.3) is 5.70 Å². The smallest absolute Gasteiger partial charge is 0.211 e. The fraction of sp³-hybridized carbons (Fsp3) is 0.269. The molecule has 0 spiro atoms. The number of rotatable bonds is 7. The highest BCUT2D eigenvalue weighted by molar-refractivity contribution is 5.79. The molecule has 2 heterocycles. The molecule has 0 aliphatic rings. The molecular formula is C26H32F2N6O. The van der Waals surface area contributed by atoms with Crippen molar-refractivity contribution in [2.24, 2.45) is 0 Å². The van der Waals surface area contributed by atoms with Crippen molar-refractivity contribution >= 4 is 35.1 Å². The molecule has 35 heavy (non-hydrogen) atoms. The molecule has 3 aromatic rings. The molecule has 7 nitrogen and oxygen atoms in total. The minimum atomic E-state index is -0.667. The summed E-state index contributed by atoms with van der Waals surface area (Å²) >= 11 is 0. The number of pyridine rings is 2. The molecular weight excluding hydrogens is 450 g/mol. The van der Waals surface area contributed by atoms with Crippen LogP contribution in [0.1, 0.15) is 37.0 Å². The second-order valence-electron chi connectivity index (χ2n) is 8.16. The number of amides is 1. The number of nitrogens with two attached hydrogens (primary N) is 1. The lowest BCUT2D eigenvalue weighted by atomic mass is 10.1. The summed E-state index contributed by atoms with van der Waals surface area (Å²) in [4.78, 5) is 21.5. The van der Waals surface area contributed by atoms with Crippen LogP contribution in [0.3, 0.4) is 0 Å². The van der Waals surface area contributed by atoms with E-state index in [0.717, 1.165) is 40.9 Å². The van der Waals surface area contributed by atoms with E-state index in [1.54, 1.807) is 6.20 Å². The van der Waals surface area contributed by atoms with Crippen molar-refractivity contribution in [1.82, 2.24) is 9.97 Å². The summed E-state index contributed by atoms with van der Waals surface area (Å²) in [5, 5.41) is 6.04. The number of nitrogens with zero attached hydrogens (tertiary/aromatic N) is 3. The molecule has 0 aliphatic carbocycles. The third-order valence-corrected chi connectivity index (χ3v) is 5.35. The van der Waals surface area contributed by atoms with Gasteiger partial charge in [0.25, 0.3) is 0 Å². The molecule has 0 saturated heterocycles. The maximum absolute atomic E-state index is 12.6. The van der Waals surface area contributed by atoms with Crippen LogP contribution in [-0.2, 0) is 4.79 Å². The van der Waals surface area contributed by atoms with Crippen LogP contribution < -0.4 is 21.3 Å². The van der Waals surface area contributed by atoms with Gasteiger partial charge in [0, 0.05) is 37.1 Å². The molecule has 2 aromatic heterocycles. The Bertz CT molecular complexity index is 1170. The summed E-state index contributed by atoms with van der Waals surface area (Å²) in [5.41, 5.74) is 9.97. The van der Waals surface area contributed by atoms with Gasteiger partial charge < -0.3 is 21.3 Å². The van der Waals surface area contributed by atoms with Gasteiger partial charge in [-0.1, -0.05) is 6.92 Å². The van der Waals surface area contributed by atoms with Gasteiger partial charge in [0.1, 0.15) is 17.5 Å². The molecule has 1 amide bonds. The lowest BCUT2D eigenvalue weighted by Gasteiger charge is -2.17. The first kappa shape index (κ1) is 27.2. The van der Waals surface area contributed by atoms with E-state index in [1.165, 1.54) is 18.6 Å². The predicted molar refractivity (Wildman–Crippen MR) is 139 cm³/mol. The number of allylic oxidation sites excluding steroid dienone is 1. The highest BCUT2D eigenvalue weighted by atomic mass is 19.1. The summed E-state index contributed by atoms with van der Waals surface area (Å²) in [6.45, 7) is 7.52. The molecule has 0 unspecified atom stereocenters. The van der Waals surface area contributed by atoms with Crippen LogP contribution >= 0.6 is 0 Å². The number of hydrogen-bond acceptors (Lipinski definition) is 6. The van der Waals surface area contributed by atoms with Crippen LogP contribution in [0, 0.1) is 25.5 Å². The Balaban J connectivity index is 0.000000360. The van der Waals surface area contributed by atoms with Crippen molar-refractivity contribution < 1.29 is 13.6 Å². The maximum atomic E-state index is 12.6. The SMILES string of the molecule is CC/C(C)=C(/Nc1ncc(NC=O)cc1C)c1ccc(N(C)C)nc1.Cc1c(F)ccc(N)c1F. The number of benzene rings is 1. The van der Waals surface area contributed by atoms with Crippen LogP contribution in [-0.4, -0.2) is 30.5 Å². The molecule has 186 valence electrons. The van der Waals surface area contributed by atoms with E-state index in [-0.39, 0.29) is 11.3 Å². The Morgan fingerprint density at radius 3 is 2.34 bits per heavy atom. The normalized spacial score (nSPS) is 11.1. The molecule has 0 bridgehead atoms. The van der Waals surface area contributed by atoms with Crippen molar-refractivity contribution in [3.05, 3.63) is 76.6 Å². The standard InChI is InChI=1S/C19H25N5O.C7H7F2N/c1-6-13(2)18(15-7-8-17(20-10-15)24(4)5)23-19-14(3)9-16(11-21-19)22-12-25;1-4-5(8)2-3-6(10)7(4)9/h7-12H,6H2,1-5H3,(H,21,23)(H,22,25);2-3H,10H2,1H3/b18-13+;. The summed E-state index contributed by atoms with van der Waals surface area (Å²) < 4.78 is 25.1. The van der Waals surface area contributed by atoms with Gasteiger partial charge in [0.15, 0.2) is 5.82 Å². The Morgan fingerprint density at radius 1 is 1.11 bits per heavy atom. The van der Waals surface area contributed by atoms with Gasteiger partial charge in [0.2, 0.25) is 6.41 Å². The zero-order chi connectivity index (χ0) is 26.1. The van der Waals surface area contributed by atoms with E-state index in [9.17, 15) is 13.6 Å². The molecule has 0 aliphatic heterocycles. The second-order valence-corrected chi connectivity index (χ2v) is 8.16. The van der Waals surface area contributed by atoms with Crippen LogP contribution in [0.5, 0.6) is 0 Å². The summed E-state index contributed by atoms with van der Waals surface area (Å²) in [5.74, 6) is 0.443. The summed E-state index contributed by atoms with van der Waals surface area (Å²) in [7, 11) is 3.94. The molecule has 0 saturated carbocycles. The molecule has 0 radical (unpaired) electrons. The predicted octanol–water partition coefficient (Wildman–Crippen LogP) is 5.53. The molecule has 1 aromatic carbocycles. The van der Waals surface area contributed by atoms with Gasteiger partial charge in [-0.15, -0.1) is 0 Å². The van der Waals surface area contributed by atoms with E-state index in [2.05, 4.69) is 40.5 Å². The molecule has 0 fully saturated rings. The Morgan fingerprint density at radius 2 is 1.83 bits per heavy atom. The number of hydrogen-bond donors (Lipinski definition) is 3. The number of anilines is 4. The number of aryl methyl sites for hydroxylation is 1. The topological polar surface area (TPSA) is 96.2 Å². The first-order valence-electron chi connectivity index (χ1n) is 11.1. The second kappa shape index (κ2) is 12.5. The average molecular weight is 483 g/mol. The fourth-order valence-corrected chi connectivity index (χ4v) is 3.05. The first-order chi connectivity index (χ1) is 16.6. The lowest BCUT2D eigenvalue weighted by Crippen LogP contribution is -2.11. The van der Waals surface area contributed by atoms with Crippen molar-refractivity contribution in [1.29, 1.82) is 0 Å². The highest BCUT2D eigenvalue weighted by Crippen LogP contribution is 2.26. The van der Waals surface area contributed by atoms with E-state index in [0.29, 0.717) is 12.1 Å². The monoisotopic (exact) mass is 482 g/mol. The number of carbonyl (C=O) groups excluding carboxylic acids is 1. The van der Waals surface area contributed by atoms with Crippen LogP contribution in [0.2, 0.25) is 0 Å². The van der Waals surface area contributed by atoms with Crippen molar-refractivity contribution in [3.63, 3.8) is 0 Å². The summed E-state index contributed by atoms with van der Waals surface area (Å²) in [6.07, 6.45) is 5.07. The minimum Gasteiger partial charge on any atom is -0.396 e. The third kappa shape index (κ3) is 7.23. The average Bonchev–Trinajstić information content (AvgIpc) is 2.85. The number of nitrogen functional groups attached to an aromatic ring is 1. The molecule has 0 atom stereocenters. The number of aromatic nitrogens is 2. The molecule has 4 N–H and O–H groups in total. The van der Waals surface area contributed by atoms with Crippen LogP contribution in [0.15, 0.2) is 48.3 Å². The van der Waals surface area contributed by atoms with Gasteiger partial charge in [-0.3, -0.25) is 4.79 Å². The van der Waals surface area contributed by atoms with Crippen molar-refractivity contribution in [3.8, 4) is 0 Å². The molecule has 3 rings (SSSR count). The fourth-order valence-electron chi connectivity index (χ4n) is 3.05. The Hall–Kier alpha value is -4.01. The zero-order valence-corrected chi connectivity index (χ0v) is 20.9. The Kier molecular flexibility index (Phi) is 9.69. The lowest BCUT2D eigenvalue weighted by molar-refractivity contribution is -0.105. The minimum absolute atomic E-state index is 0.0149. The van der Waals surface area contributed by atoms with Gasteiger partial charge in [-0.2, -0.15) is 0 Å². The third-order valence-electron chi connectivity index (χ3n) is 5.35. The number of nitrogens with one attached hydrogen (secondary N) is 2. The van der Waals surface area contributed by atoms with Crippen LogP contribution in [0.4, 0.5) is 31.8 Å². The van der Waals surface area contributed by atoms with E-state index >= 15 is 0 Å². The number of halogens is 2.